The predicted molar refractivity (Wildman–Crippen MR) is 81.6 cm³/mol. The molecule has 0 spiro atoms. The fraction of sp³-hybridized carbons (Fsp3) is 0.0625. The van der Waals surface area contributed by atoms with Gasteiger partial charge < -0.3 is 15.4 Å². The molecule has 0 aliphatic heterocycles. The third-order valence-corrected chi connectivity index (χ3v) is 3.28. The number of aromatic hydroxyl groups is 1. The highest BCUT2D eigenvalue weighted by molar-refractivity contribution is 6.01. The lowest BCUT2D eigenvalue weighted by atomic mass is 10.1. The standard InChI is InChI=1S/C16H13N3O3/c20-14-11-6-1-2-7-12(11)19-16(22)13(14)15(21)18-9-10-5-3-4-8-17-10/h1-8H,9H2,(H,18,21)(H2,19,20,22). The summed E-state index contributed by atoms with van der Waals surface area (Å²) in [6.45, 7) is 0.172. The van der Waals surface area contributed by atoms with Gasteiger partial charge in [-0.25, -0.2) is 0 Å². The molecule has 6 heteroatoms. The number of aromatic nitrogens is 2. The summed E-state index contributed by atoms with van der Waals surface area (Å²) in [4.78, 5) is 30.9. The van der Waals surface area contributed by atoms with Crippen molar-refractivity contribution in [2.45, 2.75) is 6.54 Å². The summed E-state index contributed by atoms with van der Waals surface area (Å²) >= 11 is 0. The number of hydrogen-bond donors (Lipinski definition) is 3. The fourth-order valence-corrected chi connectivity index (χ4v) is 2.20. The van der Waals surface area contributed by atoms with Crippen LogP contribution >= 0.6 is 0 Å². The van der Waals surface area contributed by atoms with E-state index in [4.69, 9.17) is 0 Å². The fourth-order valence-electron chi connectivity index (χ4n) is 2.20. The maximum atomic E-state index is 12.2. The van der Waals surface area contributed by atoms with Crippen molar-refractivity contribution in [1.29, 1.82) is 0 Å². The molecule has 0 saturated carbocycles. The molecule has 0 bridgehead atoms. The van der Waals surface area contributed by atoms with Crippen LogP contribution in [-0.4, -0.2) is 21.0 Å². The van der Waals surface area contributed by atoms with E-state index in [1.165, 1.54) is 0 Å². The van der Waals surface area contributed by atoms with Gasteiger partial charge in [0.1, 0.15) is 11.3 Å². The Morgan fingerprint density at radius 3 is 2.73 bits per heavy atom. The summed E-state index contributed by atoms with van der Waals surface area (Å²) < 4.78 is 0. The number of nitrogens with zero attached hydrogens (tertiary/aromatic N) is 1. The van der Waals surface area contributed by atoms with E-state index in [1.54, 1.807) is 48.7 Å². The molecular formula is C16H13N3O3. The highest BCUT2D eigenvalue weighted by atomic mass is 16.3. The van der Waals surface area contributed by atoms with E-state index in [0.717, 1.165) is 0 Å². The van der Waals surface area contributed by atoms with E-state index in [1.807, 2.05) is 0 Å². The lowest BCUT2D eigenvalue weighted by Crippen LogP contribution is -2.29. The molecule has 0 saturated heterocycles. The molecule has 22 heavy (non-hydrogen) atoms. The monoisotopic (exact) mass is 295 g/mol. The molecule has 0 aliphatic rings. The topological polar surface area (TPSA) is 95.1 Å². The number of hydrogen-bond acceptors (Lipinski definition) is 4. The summed E-state index contributed by atoms with van der Waals surface area (Å²) in [5.74, 6) is -0.965. The number of pyridine rings is 2. The quantitative estimate of drug-likeness (QED) is 0.683. The number of benzene rings is 1. The number of amides is 1. The Morgan fingerprint density at radius 1 is 1.18 bits per heavy atom. The molecule has 0 unspecified atom stereocenters. The van der Waals surface area contributed by atoms with Crippen LogP contribution in [0.5, 0.6) is 5.75 Å². The molecule has 0 radical (unpaired) electrons. The minimum Gasteiger partial charge on any atom is -0.506 e. The Kier molecular flexibility index (Phi) is 3.57. The first-order valence-electron chi connectivity index (χ1n) is 6.69. The third kappa shape index (κ3) is 2.54. The summed E-state index contributed by atoms with van der Waals surface area (Å²) in [5.41, 5.74) is 0.211. The van der Waals surface area contributed by atoms with Crippen molar-refractivity contribution in [3.8, 4) is 5.75 Å². The van der Waals surface area contributed by atoms with Crippen molar-refractivity contribution in [3.05, 3.63) is 70.3 Å². The first-order chi connectivity index (χ1) is 10.7. The first kappa shape index (κ1) is 13.8. The van der Waals surface area contributed by atoms with E-state index in [2.05, 4.69) is 15.3 Å². The van der Waals surface area contributed by atoms with Crippen molar-refractivity contribution in [1.82, 2.24) is 15.3 Å². The van der Waals surface area contributed by atoms with E-state index < -0.39 is 11.5 Å². The SMILES string of the molecule is O=C(NCc1ccccn1)c1c(O)c2ccccc2[nH]c1=O. The number of carbonyl (C=O) groups is 1. The van der Waals surface area contributed by atoms with Gasteiger partial charge in [-0.15, -0.1) is 0 Å². The number of H-pyrrole nitrogens is 1. The maximum Gasteiger partial charge on any atom is 0.265 e. The lowest BCUT2D eigenvalue weighted by molar-refractivity contribution is 0.0946. The molecule has 1 amide bonds. The second-order valence-corrected chi connectivity index (χ2v) is 4.73. The molecular weight excluding hydrogens is 282 g/mol. The maximum absolute atomic E-state index is 12.2. The van der Waals surface area contributed by atoms with Gasteiger partial charge in [-0.1, -0.05) is 18.2 Å². The van der Waals surface area contributed by atoms with Crippen molar-refractivity contribution >= 4 is 16.8 Å². The highest BCUT2D eigenvalue weighted by Crippen LogP contribution is 2.24. The zero-order chi connectivity index (χ0) is 15.5. The van der Waals surface area contributed by atoms with Crippen LogP contribution in [0.3, 0.4) is 0 Å². The van der Waals surface area contributed by atoms with E-state index in [-0.39, 0.29) is 17.9 Å². The van der Waals surface area contributed by atoms with Crippen LogP contribution in [0, 0.1) is 0 Å². The Bertz CT molecular complexity index is 888. The van der Waals surface area contributed by atoms with Crippen LogP contribution in [0.4, 0.5) is 0 Å². The number of nitrogens with one attached hydrogen (secondary N) is 2. The van der Waals surface area contributed by atoms with Gasteiger partial charge in [0.05, 0.1) is 17.8 Å². The molecule has 0 aliphatic carbocycles. The second kappa shape index (κ2) is 5.69. The van der Waals surface area contributed by atoms with Crippen molar-refractivity contribution in [3.63, 3.8) is 0 Å². The average Bonchev–Trinajstić information content (AvgIpc) is 2.54. The van der Waals surface area contributed by atoms with Crippen molar-refractivity contribution < 1.29 is 9.90 Å². The number of carbonyl (C=O) groups excluding carboxylic acids is 1. The molecule has 6 nitrogen and oxygen atoms in total. The van der Waals surface area contributed by atoms with Gasteiger partial charge in [-0.2, -0.15) is 0 Å². The number of aromatic amines is 1. The molecule has 3 rings (SSSR count). The number of rotatable bonds is 3. The van der Waals surface area contributed by atoms with Gasteiger partial charge in [0.2, 0.25) is 0 Å². The van der Waals surface area contributed by atoms with E-state index in [0.29, 0.717) is 16.6 Å². The molecule has 1 aromatic carbocycles. The largest absolute Gasteiger partial charge is 0.506 e. The van der Waals surface area contributed by atoms with Gasteiger partial charge >= 0.3 is 0 Å². The average molecular weight is 295 g/mol. The van der Waals surface area contributed by atoms with Gasteiger partial charge in [-0.3, -0.25) is 14.6 Å². The molecule has 2 aromatic heterocycles. The van der Waals surface area contributed by atoms with Crippen LogP contribution in [-0.2, 0) is 6.54 Å². The molecule has 0 atom stereocenters. The Morgan fingerprint density at radius 2 is 1.95 bits per heavy atom. The van der Waals surface area contributed by atoms with Crippen LogP contribution in [0.2, 0.25) is 0 Å². The number of para-hydroxylation sites is 1. The van der Waals surface area contributed by atoms with Gasteiger partial charge in [0.25, 0.3) is 11.5 Å². The summed E-state index contributed by atoms with van der Waals surface area (Å²) in [5, 5.41) is 13.2. The molecule has 3 aromatic rings. The van der Waals surface area contributed by atoms with Gasteiger partial charge in [0, 0.05) is 11.6 Å². The first-order valence-corrected chi connectivity index (χ1v) is 6.69. The molecule has 110 valence electrons. The smallest absolute Gasteiger partial charge is 0.265 e. The van der Waals surface area contributed by atoms with Crippen LogP contribution in [0.15, 0.2) is 53.5 Å². The summed E-state index contributed by atoms with van der Waals surface area (Å²) in [6.07, 6.45) is 1.61. The predicted octanol–water partition coefficient (Wildman–Crippen LogP) is 1.56. The Labute approximate surface area is 125 Å². The Hall–Kier alpha value is -3.15. The minimum absolute atomic E-state index is 0.172. The van der Waals surface area contributed by atoms with E-state index in [9.17, 15) is 14.7 Å². The molecule has 2 heterocycles. The zero-order valence-electron chi connectivity index (χ0n) is 11.5. The lowest BCUT2D eigenvalue weighted by Gasteiger charge is -2.08. The summed E-state index contributed by atoms with van der Waals surface area (Å²) in [7, 11) is 0. The highest BCUT2D eigenvalue weighted by Gasteiger charge is 2.18. The second-order valence-electron chi connectivity index (χ2n) is 4.73. The third-order valence-electron chi connectivity index (χ3n) is 3.28. The van der Waals surface area contributed by atoms with Crippen LogP contribution < -0.4 is 10.9 Å². The Balaban J connectivity index is 1.92. The van der Waals surface area contributed by atoms with Gasteiger partial charge in [0.15, 0.2) is 0 Å². The van der Waals surface area contributed by atoms with Gasteiger partial charge in [-0.05, 0) is 24.3 Å². The van der Waals surface area contributed by atoms with Crippen LogP contribution in [0.1, 0.15) is 16.1 Å². The molecule has 3 N–H and O–H groups in total. The zero-order valence-corrected chi connectivity index (χ0v) is 11.5. The number of fused-ring (bicyclic) bond motifs is 1. The normalized spacial score (nSPS) is 10.5. The van der Waals surface area contributed by atoms with Crippen molar-refractivity contribution in [2.24, 2.45) is 0 Å². The van der Waals surface area contributed by atoms with E-state index >= 15 is 0 Å². The van der Waals surface area contributed by atoms with Crippen LogP contribution in [0.25, 0.3) is 10.9 Å². The summed E-state index contributed by atoms with van der Waals surface area (Å²) in [6, 6.07) is 12.1. The molecule has 0 fully saturated rings. The minimum atomic E-state index is -0.643. The van der Waals surface area contributed by atoms with Crippen molar-refractivity contribution in [2.75, 3.05) is 0 Å².